The molecule has 0 saturated carbocycles. The number of amides is 1. The van der Waals surface area contributed by atoms with Crippen LogP contribution in [0.4, 0.5) is 10.3 Å². The third-order valence-corrected chi connectivity index (χ3v) is 7.01. The van der Waals surface area contributed by atoms with Gasteiger partial charge in [-0.1, -0.05) is 0 Å². The van der Waals surface area contributed by atoms with Crippen LogP contribution in [0.15, 0.2) is 30.6 Å². The van der Waals surface area contributed by atoms with Crippen molar-refractivity contribution in [2.75, 3.05) is 39.0 Å². The third kappa shape index (κ3) is 4.54. The Kier molecular flexibility index (Phi) is 6.32. The quantitative estimate of drug-likeness (QED) is 0.615. The highest BCUT2D eigenvalue weighted by Gasteiger charge is 2.32. The molecule has 2 aliphatic rings. The fourth-order valence-corrected chi connectivity index (χ4v) is 5.19. The van der Waals surface area contributed by atoms with E-state index in [4.69, 9.17) is 10.5 Å². The second kappa shape index (κ2) is 9.54. The minimum atomic E-state index is -0.312. The molecule has 0 aliphatic carbocycles. The molecule has 0 atom stereocenters. The summed E-state index contributed by atoms with van der Waals surface area (Å²) in [6, 6.07) is 5.29. The standard InChI is InChI=1S/C24H30FN7O2/c1-34-24-29-20-12-18(25)2-3-21(20)32(24)19-6-10-31(11-7-19)22(33)17-4-8-30(9-5-17)15-16-13-27-23(26)28-14-16/h2-3,12-14,17,19H,4-11,15H2,1H3,(H2,26,27,28). The first-order valence-electron chi connectivity index (χ1n) is 11.8. The molecule has 2 fully saturated rings. The molecule has 2 aromatic heterocycles. The number of nitrogens with zero attached hydrogens (tertiary/aromatic N) is 6. The number of carbonyl (C=O) groups excluding carboxylic acids is 1. The van der Waals surface area contributed by atoms with Gasteiger partial charge < -0.3 is 15.4 Å². The van der Waals surface area contributed by atoms with Gasteiger partial charge in [0.1, 0.15) is 5.82 Å². The normalized spacial score (nSPS) is 18.5. The number of aromatic nitrogens is 4. The first-order chi connectivity index (χ1) is 16.5. The molecule has 9 nitrogen and oxygen atoms in total. The maximum Gasteiger partial charge on any atom is 0.297 e. The summed E-state index contributed by atoms with van der Waals surface area (Å²) in [7, 11) is 1.58. The van der Waals surface area contributed by atoms with E-state index in [-0.39, 0.29) is 29.6 Å². The minimum absolute atomic E-state index is 0.0713. The van der Waals surface area contributed by atoms with Crippen LogP contribution < -0.4 is 10.5 Å². The molecule has 10 heteroatoms. The Hall–Kier alpha value is -3.27. The molecule has 2 N–H and O–H groups in total. The molecule has 5 rings (SSSR count). The van der Waals surface area contributed by atoms with Crippen molar-refractivity contribution in [3.05, 3.63) is 42.0 Å². The van der Waals surface area contributed by atoms with E-state index in [2.05, 4.69) is 24.4 Å². The number of fused-ring (bicyclic) bond motifs is 1. The first-order valence-corrected chi connectivity index (χ1v) is 11.8. The topological polar surface area (TPSA) is 102 Å². The highest BCUT2D eigenvalue weighted by atomic mass is 19.1. The van der Waals surface area contributed by atoms with Gasteiger partial charge in [-0.15, -0.1) is 0 Å². The third-order valence-electron chi connectivity index (χ3n) is 7.01. The summed E-state index contributed by atoms with van der Waals surface area (Å²) >= 11 is 0. The Labute approximate surface area is 197 Å². The number of nitrogen functional groups attached to an aromatic ring is 1. The van der Waals surface area contributed by atoms with Gasteiger partial charge >= 0.3 is 0 Å². The summed E-state index contributed by atoms with van der Waals surface area (Å²) in [5.74, 6) is 0.305. The lowest BCUT2D eigenvalue weighted by Gasteiger charge is -2.37. The number of likely N-dealkylation sites (tertiary alicyclic amines) is 2. The van der Waals surface area contributed by atoms with E-state index in [0.717, 1.165) is 56.4 Å². The van der Waals surface area contributed by atoms with Crippen LogP contribution in [-0.2, 0) is 11.3 Å². The van der Waals surface area contributed by atoms with Gasteiger partial charge in [0, 0.05) is 55.6 Å². The molecule has 0 spiro atoms. The van der Waals surface area contributed by atoms with Gasteiger partial charge in [-0.2, -0.15) is 4.98 Å². The van der Waals surface area contributed by atoms with E-state index in [9.17, 15) is 9.18 Å². The van der Waals surface area contributed by atoms with Crippen molar-refractivity contribution < 1.29 is 13.9 Å². The zero-order chi connectivity index (χ0) is 23.7. The van der Waals surface area contributed by atoms with E-state index >= 15 is 0 Å². The van der Waals surface area contributed by atoms with Gasteiger partial charge in [-0.25, -0.2) is 14.4 Å². The van der Waals surface area contributed by atoms with Crippen molar-refractivity contribution in [1.82, 2.24) is 29.3 Å². The van der Waals surface area contributed by atoms with Crippen LogP contribution in [0, 0.1) is 11.7 Å². The smallest absolute Gasteiger partial charge is 0.297 e. The zero-order valence-corrected chi connectivity index (χ0v) is 19.4. The summed E-state index contributed by atoms with van der Waals surface area (Å²) < 4.78 is 21.2. The average molecular weight is 468 g/mol. The van der Waals surface area contributed by atoms with Crippen molar-refractivity contribution in [3.63, 3.8) is 0 Å². The van der Waals surface area contributed by atoms with Crippen molar-refractivity contribution in [1.29, 1.82) is 0 Å². The molecule has 3 aromatic rings. The largest absolute Gasteiger partial charge is 0.468 e. The molecule has 4 heterocycles. The Morgan fingerprint density at radius 2 is 1.82 bits per heavy atom. The van der Waals surface area contributed by atoms with Crippen LogP contribution in [0.25, 0.3) is 11.0 Å². The van der Waals surface area contributed by atoms with Crippen molar-refractivity contribution in [2.24, 2.45) is 5.92 Å². The van der Waals surface area contributed by atoms with E-state index in [1.165, 1.54) is 12.1 Å². The summed E-state index contributed by atoms with van der Waals surface area (Å²) in [5, 5.41) is 0. The predicted octanol–water partition coefficient (Wildman–Crippen LogP) is 2.63. The second-order valence-electron chi connectivity index (χ2n) is 9.16. The molecule has 0 bridgehead atoms. The molecule has 1 aromatic carbocycles. The number of hydrogen-bond acceptors (Lipinski definition) is 7. The maximum atomic E-state index is 13.6. The summed E-state index contributed by atoms with van der Waals surface area (Å²) in [5.41, 5.74) is 8.05. The number of piperidine rings is 2. The molecule has 34 heavy (non-hydrogen) atoms. The highest BCUT2D eigenvalue weighted by Crippen LogP contribution is 2.33. The number of rotatable bonds is 5. The predicted molar refractivity (Wildman–Crippen MR) is 126 cm³/mol. The van der Waals surface area contributed by atoms with Crippen LogP contribution in [0.2, 0.25) is 0 Å². The van der Waals surface area contributed by atoms with Gasteiger partial charge in [0.2, 0.25) is 11.9 Å². The average Bonchev–Trinajstić information content (AvgIpc) is 3.23. The number of carbonyl (C=O) groups is 1. The molecule has 0 unspecified atom stereocenters. The minimum Gasteiger partial charge on any atom is -0.468 e. The van der Waals surface area contributed by atoms with Crippen LogP contribution in [-0.4, -0.2) is 68.5 Å². The van der Waals surface area contributed by atoms with Gasteiger partial charge in [-0.3, -0.25) is 14.3 Å². The Morgan fingerprint density at radius 1 is 1.12 bits per heavy atom. The number of methoxy groups -OCH3 is 1. The van der Waals surface area contributed by atoms with Crippen molar-refractivity contribution in [3.8, 4) is 6.01 Å². The van der Waals surface area contributed by atoms with E-state index in [0.29, 0.717) is 24.6 Å². The molecule has 2 aliphatic heterocycles. The van der Waals surface area contributed by atoms with Crippen LogP contribution >= 0.6 is 0 Å². The number of anilines is 1. The molecular weight excluding hydrogens is 437 g/mol. The SMILES string of the molecule is COc1nc2cc(F)ccc2n1C1CCN(C(=O)C2CCN(Cc3cnc(N)nc3)CC2)CC1. The number of benzene rings is 1. The van der Waals surface area contributed by atoms with Crippen molar-refractivity contribution in [2.45, 2.75) is 38.3 Å². The van der Waals surface area contributed by atoms with Crippen LogP contribution in [0.5, 0.6) is 6.01 Å². The number of ether oxygens (including phenoxy) is 1. The number of nitrogens with two attached hydrogens (primary N) is 1. The van der Waals surface area contributed by atoms with Crippen LogP contribution in [0.3, 0.4) is 0 Å². The Balaban J connectivity index is 1.16. The fourth-order valence-electron chi connectivity index (χ4n) is 5.19. The van der Waals surface area contributed by atoms with Gasteiger partial charge in [0.05, 0.1) is 18.1 Å². The summed E-state index contributed by atoms with van der Waals surface area (Å²) in [4.78, 5) is 30.1. The molecule has 1 amide bonds. The summed E-state index contributed by atoms with van der Waals surface area (Å²) in [6.07, 6.45) is 6.89. The Morgan fingerprint density at radius 3 is 2.50 bits per heavy atom. The Bertz CT molecular complexity index is 1150. The molecule has 0 radical (unpaired) electrons. The lowest BCUT2D eigenvalue weighted by atomic mass is 9.93. The van der Waals surface area contributed by atoms with Gasteiger partial charge in [0.25, 0.3) is 6.01 Å². The lowest BCUT2D eigenvalue weighted by Crippen LogP contribution is -2.45. The summed E-state index contributed by atoms with van der Waals surface area (Å²) in [6.45, 7) is 3.95. The van der Waals surface area contributed by atoms with Gasteiger partial charge in [0.15, 0.2) is 0 Å². The van der Waals surface area contributed by atoms with E-state index < -0.39 is 0 Å². The van der Waals surface area contributed by atoms with E-state index in [1.54, 1.807) is 25.6 Å². The van der Waals surface area contributed by atoms with Crippen LogP contribution in [0.1, 0.15) is 37.3 Å². The molecule has 180 valence electrons. The lowest BCUT2D eigenvalue weighted by molar-refractivity contribution is -0.138. The zero-order valence-electron chi connectivity index (χ0n) is 19.4. The number of halogens is 1. The number of imidazole rings is 1. The monoisotopic (exact) mass is 467 g/mol. The van der Waals surface area contributed by atoms with E-state index in [1.807, 2.05) is 4.90 Å². The molecular formula is C24H30FN7O2. The second-order valence-corrected chi connectivity index (χ2v) is 9.16. The number of hydrogen-bond donors (Lipinski definition) is 1. The van der Waals surface area contributed by atoms with Crippen molar-refractivity contribution >= 4 is 22.9 Å². The highest BCUT2D eigenvalue weighted by molar-refractivity contribution is 5.79. The fraction of sp³-hybridized carbons (Fsp3) is 0.500. The van der Waals surface area contributed by atoms with Gasteiger partial charge in [-0.05, 0) is 50.9 Å². The maximum absolute atomic E-state index is 13.6. The molecule has 2 saturated heterocycles. The first kappa shape index (κ1) is 22.5.